The first-order valence-corrected chi connectivity index (χ1v) is 10.8. The topological polar surface area (TPSA) is 95.6 Å². The van der Waals surface area contributed by atoms with Crippen LogP contribution >= 0.6 is 15.9 Å². The Morgan fingerprint density at radius 1 is 1.09 bits per heavy atom. The van der Waals surface area contributed by atoms with Gasteiger partial charge in [-0.25, -0.2) is 4.79 Å². The van der Waals surface area contributed by atoms with E-state index < -0.39 is 11.9 Å². The van der Waals surface area contributed by atoms with E-state index in [-0.39, 0.29) is 12.4 Å². The number of nitrogens with zero attached hydrogens (tertiary/aromatic N) is 2. The van der Waals surface area contributed by atoms with E-state index >= 15 is 0 Å². The maximum absolute atomic E-state index is 12.5. The molecule has 2 aromatic heterocycles. The standard InChI is InChI=1S/C24H20BrN3O5/c1-31-24(30)21-5-3-2-4-16(21)13-28-14-18(12-26-28)27-23(29)22-11-10-20(33-22)15-32-19-8-6-17(25)7-9-19/h2-12,14H,13,15H2,1H3,(H,27,29). The summed E-state index contributed by atoms with van der Waals surface area (Å²) in [6, 6.07) is 17.8. The molecule has 168 valence electrons. The van der Waals surface area contributed by atoms with Crippen LogP contribution in [0.4, 0.5) is 5.69 Å². The monoisotopic (exact) mass is 509 g/mol. The number of anilines is 1. The summed E-state index contributed by atoms with van der Waals surface area (Å²) in [6.45, 7) is 0.548. The third kappa shape index (κ3) is 5.69. The molecule has 9 heteroatoms. The highest BCUT2D eigenvalue weighted by Crippen LogP contribution is 2.19. The predicted octanol–water partition coefficient (Wildman–Crippen LogP) is 4.90. The molecule has 2 aromatic carbocycles. The number of esters is 1. The van der Waals surface area contributed by atoms with Gasteiger partial charge in [0, 0.05) is 10.7 Å². The number of hydrogen-bond donors (Lipinski definition) is 1. The number of furan rings is 1. The minimum absolute atomic E-state index is 0.160. The van der Waals surface area contributed by atoms with E-state index in [1.165, 1.54) is 13.3 Å². The van der Waals surface area contributed by atoms with Crippen LogP contribution in [0.15, 0.2) is 81.9 Å². The van der Waals surface area contributed by atoms with Crippen molar-refractivity contribution in [3.8, 4) is 5.75 Å². The number of aromatic nitrogens is 2. The zero-order valence-electron chi connectivity index (χ0n) is 17.7. The van der Waals surface area contributed by atoms with E-state index in [9.17, 15) is 9.59 Å². The predicted molar refractivity (Wildman–Crippen MR) is 124 cm³/mol. The largest absolute Gasteiger partial charge is 0.486 e. The first-order chi connectivity index (χ1) is 16.0. The molecule has 33 heavy (non-hydrogen) atoms. The second-order valence-corrected chi connectivity index (χ2v) is 7.95. The fourth-order valence-corrected chi connectivity index (χ4v) is 3.38. The molecule has 0 saturated carbocycles. The van der Waals surface area contributed by atoms with E-state index in [0.29, 0.717) is 29.3 Å². The molecule has 0 aliphatic carbocycles. The molecule has 0 saturated heterocycles. The Morgan fingerprint density at radius 2 is 1.88 bits per heavy atom. The van der Waals surface area contributed by atoms with E-state index in [1.807, 2.05) is 36.4 Å². The summed E-state index contributed by atoms with van der Waals surface area (Å²) < 4.78 is 18.7. The molecule has 0 radical (unpaired) electrons. The number of benzene rings is 2. The van der Waals surface area contributed by atoms with Crippen LogP contribution in [-0.2, 0) is 17.9 Å². The lowest BCUT2D eigenvalue weighted by Crippen LogP contribution is -2.11. The number of carbonyl (C=O) groups excluding carboxylic acids is 2. The summed E-state index contributed by atoms with van der Waals surface area (Å²) in [5.74, 6) is 0.566. The van der Waals surface area contributed by atoms with Crippen molar-refractivity contribution in [1.82, 2.24) is 9.78 Å². The van der Waals surface area contributed by atoms with Crippen LogP contribution < -0.4 is 10.1 Å². The Morgan fingerprint density at radius 3 is 2.67 bits per heavy atom. The Hall–Kier alpha value is -3.85. The number of ether oxygens (including phenoxy) is 2. The molecular weight excluding hydrogens is 490 g/mol. The fraction of sp³-hybridized carbons (Fsp3) is 0.125. The van der Waals surface area contributed by atoms with Gasteiger partial charge in [-0.1, -0.05) is 34.1 Å². The highest BCUT2D eigenvalue weighted by Gasteiger charge is 2.15. The van der Waals surface area contributed by atoms with Crippen molar-refractivity contribution < 1.29 is 23.5 Å². The normalized spacial score (nSPS) is 10.6. The summed E-state index contributed by atoms with van der Waals surface area (Å²) in [6.07, 6.45) is 3.20. The van der Waals surface area contributed by atoms with Gasteiger partial charge in [0.15, 0.2) is 5.76 Å². The molecule has 2 heterocycles. The van der Waals surface area contributed by atoms with Gasteiger partial charge in [0.1, 0.15) is 18.1 Å². The summed E-state index contributed by atoms with van der Waals surface area (Å²) in [5.41, 5.74) is 1.72. The molecule has 4 aromatic rings. The van der Waals surface area contributed by atoms with Crippen molar-refractivity contribution in [2.24, 2.45) is 0 Å². The second kappa shape index (κ2) is 10.2. The highest BCUT2D eigenvalue weighted by atomic mass is 79.9. The van der Waals surface area contributed by atoms with Gasteiger partial charge in [0.25, 0.3) is 5.91 Å². The van der Waals surface area contributed by atoms with Gasteiger partial charge in [-0.2, -0.15) is 5.10 Å². The van der Waals surface area contributed by atoms with Crippen LogP contribution in [-0.4, -0.2) is 28.8 Å². The lowest BCUT2D eigenvalue weighted by atomic mass is 10.1. The summed E-state index contributed by atoms with van der Waals surface area (Å²) >= 11 is 3.37. The SMILES string of the molecule is COC(=O)c1ccccc1Cn1cc(NC(=O)c2ccc(COc3ccc(Br)cc3)o2)cn1. The Bertz CT molecular complexity index is 1260. The third-order valence-electron chi connectivity index (χ3n) is 4.73. The lowest BCUT2D eigenvalue weighted by molar-refractivity contribution is 0.0599. The maximum Gasteiger partial charge on any atom is 0.338 e. The van der Waals surface area contributed by atoms with Crippen molar-refractivity contribution in [2.45, 2.75) is 13.2 Å². The van der Waals surface area contributed by atoms with Crippen LogP contribution in [0.2, 0.25) is 0 Å². The lowest BCUT2D eigenvalue weighted by Gasteiger charge is -2.07. The minimum atomic E-state index is -0.413. The van der Waals surface area contributed by atoms with E-state index in [0.717, 1.165) is 10.0 Å². The van der Waals surface area contributed by atoms with Crippen molar-refractivity contribution >= 4 is 33.5 Å². The second-order valence-electron chi connectivity index (χ2n) is 7.04. The van der Waals surface area contributed by atoms with Gasteiger partial charge in [-0.3, -0.25) is 9.48 Å². The highest BCUT2D eigenvalue weighted by molar-refractivity contribution is 9.10. The van der Waals surface area contributed by atoms with E-state index in [2.05, 4.69) is 26.3 Å². The van der Waals surface area contributed by atoms with Crippen LogP contribution in [0.1, 0.15) is 32.2 Å². The molecule has 0 aliphatic heterocycles. The number of rotatable bonds is 8. The van der Waals surface area contributed by atoms with Crippen molar-refractivity contribution in [2.75, 3.05) is 12.4 Å². The fourth-order valence-electron chi connectivity index (χ4n) is 3.11. The van der Waals surface area contributed by atoms with Gasteiger partial charge >= 0.3 is 5.97 Å². The Labute approximate surface area is 198 Å². The minimum Gasteiger partial charge on any atom is -0.486 e. The molecule has 8 nitrogen and oxygen atoms in total. The summed E-state index contributed by atoms with van der Waals surface area (Å²) in [5, 5.41) is 7.01. The summed E-state index contributed by atoms with van der Waals surface area (Å²) in [4.78, 5) is 24.5. The van der Waals surface area contributed by atoms with Crippen molar-refractivity contribution in [3.63, 3.8) is 0 Å². The van der Waals surface area contributed by atoms with Gasteiger partial charge < -0.3 is 19.2 Å². The molecule has 1 N–H and O–H groups in total. The number of methoxy groups -OCH3 is 1. The first-order valence-electron chi connectivity index (χ1n) is 9.99. The smallest absolute Gasteiger partial charge is 0.338 e. The molecular formula is C24H20BrN3O5. The number of halogens is 1. The van der Waals surface area contributed by atoms with Gasteiger partial charge in [0.2, 0.25) is 0 Å². The summed E-state index contributed by atoms with van der Waals surface area (Å²) in [7, 11) is 1.34. The van der Waals surface area contributed by atoms with E-state index in [4.69, 9.17) is 13.9 Å². The third-order valence-corrected chi connectivity index (χ3v) is 5.25. The van der Waals surface area contributed by atoms with Crippen molar-refractivity contribution in [1.29, 1.82) is 0 Å². The van der Waals surface area contributed by atoms with Crippen LogP contribution in [0.3, 0.4) is 0 Å². The molecule has 0 aliphatic rings. The zero-order valence-corrected chi connectivity index (χ0v) is 19.2. The van der Waals surface area contributed by atoms with Crippen LogP contribution in [0.25, 0.3) is 0 Å². The van der Waals surface area contributed by atoms with Crippen molar-refractivity contribution in [3.05, 3.63) is 100 Å². The number of nitrogens with one attached hydrogen (secondary N) is 1. The average Bonchev–Trinajstić information content (AvgIpc) is 3.48. The van der Waals surface area contributed by atoms with Crippen LogP contribution in [0, 0.1) is 0 Å². The van der Waals surface area contributed by atoms with E-state index in [1.54, 1.807) is 35.1 Å². The molecule has 0 atom stereocenters. The first kappa shape index (κ1) is 22.3. The molecule has 0 unspecified atom stereocenters. The number of hydrogen-bond acceptors (Lipinski definition) is 6. The Kier molecular flexibility index (Phi) is 6.89. The quantitative estimate of drug-likeness (QED) is 0.339. The maximum atomic E-state index is 12.5. The molecule has 0 bridgehead atoms. The Balaban J connectivity index is 1.35. The van der Waals surface area contributed by atoms with Gasteiger partial charge in [-0.15, -0.1) is 0 Å². The molecule has 0 spiro atoms. The zero-order chi connectivity index (χ0) is 23.2. The molecule has 4 rings (SSSR count). The molecule has 1 amide bonds. The number of amides is 1. The van der Waals surface area contributed by atoms with Gasteiger partial charge in [0.05, 0.1) is 31.1 Å². The van der Waals surface area contributed by atoms with Crippen LogP contribution in [0.5, 0.6) is 5.75 Å². The average molecular weight is 510 g/mol. The molecule has 0 fully saturated rings. The number of carbonyl (C=O) groups is 2. The van der Waals surface area contributed by atoms with Gasteiger partial charge in [-0.05, 0) is 48.0 Å².